The van der Waals surface area contributed by atoms with E-state index in [1.807, 2.05) is 13.0 Å². The number of carbonyl (C=O) groups is 1. The Bertz CT molecular complexity index is 637. The summed E-state index contributed by atoms with van der Waals surface area (Å²) in [5, 5.41) is 0. The molecule has 1 aromatic carbocycles. The molecular weight excluding hydrogens is 272 g/mol. The number of carbonyl (C=O) groups excluding carboxylic acids is 1. The van der Waals surface area contributed by atoms with Crippen LogP contribution in [-0.4, -0.2) is 12.9 Å². The van der Waals surface area contributed by atoms with Crippen LogP contribution in [0.1, 0.15) is 57.6 Å². The molecule has 1 atom stereocenters. The van der Waals surface area contributed by atoms with E-state index in [9.17, 15) is 4.79 Å². The zero-order valence-corrected chi connectivity index (χ0v) is 14.3. The van der Waals surface area contributed by atoms with Crippen LogP contribution in [0.3, 0.4) is 0 Å². The molecular formula is C20H26O2. The van der Waals surface area contributed by atoms with Crippen molar-refractivity contribution in [3.05, 3.63) is 53.1 Å². The Balaban J connectivity index is 2.59. The molecule has 1 unspecified atom stereocenters. The summed E-state index contributed by atoms with van der Waals surface area (Å²) in [6.45, 7) is 12.4. The molecule has 0 aliphatic heterocycles. The van der Waals surface area contributed by atoms with Gasteiger partial charge in [-0.05, 0) is 47.6 Å². The van der Waals surface area contributed by atoms with Crippen LogP contribution in [-0.2, 0) is 10.2 Å². The first-order chi connectivity index (χ1) is 10.3. The van der Waals surface area contributed by atoms with Gasteiger partial charge in [0.2, 0.25) is 0 Å². The Morgan fingerprint density at radius 3 is 2.59 bits per heavy atom. The largest absolute Gasteiger partial charge is 0.496 e. The second-order valence-electron chi connectivity index (χ2n) is 6.61. The molecule has 118 valence electrons. The lowest BCUT2D eigenvalue weighted by molar-refractivity contribution is -0.116. The number of ether oxygens (including phenoxy) is 1. The molecule has 0 radical (unpaired) electrons. The Morgan fingerprint density at radius 2 is 2.05 bits per heavy atom. The smallest absolute Gasteiger partial charge is 0.158 e. The average Bonchev–Trinajstić information content (AvgIpc) is 2.51. The number of hydrogen-bond acceptors (Lipinski definition) is 2. The van der Waals surface area contributed by atoms with Crippen LogP contribution in [0, 0.1) is 0 Å². The second-order valence-corrected chi connectivity index (χ2v) is 6.61. The third-order valence-corrected chi connectivity index (χ3v) is 4.97. The van der Waals surface area contributed by atoms with Gasteiger partial charge in [-0.2, -0.15) is 0 Å². The highest BCUT2D eigenvalue weighted by Crippen LogP contribution is 2.44. The number of Topliss-reactive ketones (excluding diaryl/α,β-unsaturated/α-hetero) is 1. The predicted molar refractivity (Wildman–Crippen MR) is 91.6 cm³/mol. The van der Waals surface area contributed by atoms with Gasteiger partial charge in [-0.3, -0.25) is 4.79 Å². The Kier molecular flexibility index (Phi) is 4.60. The first-order valence-corrected chi connectivity index (χ1v) is 7.90. The molecule has 1 aromatic rings. The minimum atomic E-state index is -0.178. The quantitative estimate of drug-likeness (QED) is 0.787. The summed E-state index contributed by atoms with van der Waals surface area (Å²) < 4.78 is 5.59. The van der Waals surface area contributed by atoms with Gasteiger partial charge in [0.1, 0.15) is 5.75 Å². The molecule has 0 heterocycles. The van der Waals surface area contributed by atoms with Crippen LogP contribution >= 0.6 is 0 Å². The normalized spacial score (nSPS) is 22.2. The van der Waals surface area contributed by atoms with Crippen molar-refractivity contribution in [1.29, 1.82) is 0 Å². The number of methoxy groups -OCH3 is 1. The SMILES string of the molecule is C=CC1=C(C)C(=O)CCC1(C)c1ccc(C(C)C)c(OC)c1. The molecule has 2 heteroatoms. The third-order valence-electron chi connectivity index (χ3n) is 4.97. The molecule has 1 aliphatic rings. The van der Waals surface area contributed by atoms with Gasteiger partial charge in [-0.15, -0.1) is 0 Å². The van der Waals surface area contributed by atoms with Crippen molar-refractivity contribution in [1.82, 2.24) is 0 Å². The standard InChI is InChI=1S/C20H26O2/c1-7-17-14(4)18(21)10-11-20(17,5)15-8-9-16(13(2)3)19(12-15)22-6/h7-9,12-13H,1,10-11H2,2-6H3. The summed E-state index contributed by atoms with van der Waals surface area (Å²) in [5.74, 6) is 1.57. The van der Waals surface area contributed by atoms with E-state index in [0.29, 0.717) is 12.3 Å². The molecule has 22 heavy (non-hydrogen) atoms. The summed E-state index contributed by atoms with van der Waals surface area (Å²) in [6, 6.07) is 6.45. The van der Waals surface area contributed by atoms with Crippen molar-refractivity contribution in [2.24, 2.45) is 0 Å². The van der Waals surface area contributed by atoms with E-state index in [0.717, 1.165) is 23.3 Å². The van der Waals surface area contributed by atoms with Crippen LogP contribution in [0.4, 0.5) is 0 Å². The zero-order chi connectivity index (χ0) is 16.5. The van der Waals surface area contributed by atoms with Gasteiger partial charge in [0.15, 0.2) is 5.78 Å². The number of ketones is 1. The van der Waals surface area contributed by atoms with Gasteiger partial charge in [0, 0.05) is 11.8 Å². The third kappa shape index (κ3) is 2.63. The highest BCUT2D eigenvalue weighted by atomic mass is 16.5. The van der Waals surface area contributed by atoms with E-state index in [1.165, 1.54) is 11.1 Å². The van der Waals surface area contributed by atoms with E-state index in [2.05, 4.69) is 45.5 Å². The minimum absolute atomic E-state index is 0.178. The molecule has 0 N–H and O–H groups in total. The lowest BCUT2D eigenvalue weighted by atomic mass is 9.66. The minimum Gasteiger partial charge on any atom is -0.496 e. The number of hydrogen-bond donors (Lipinski definition) is 0. The molecule has 0 saturated carbocycles. The topological polar surface area (TPSA) is 26.3 Å². The van der Waals surface area contributed by atoms with Crippen molar-refractivity contribution >= 4 is 5.78 Å². The molecule has 2 rings (SSSR count). The summed E-state index contributed by atoms with van der Waals surface area (Å²) in [4.78, 5) is 12.0. The molecule has 1 aliphatic carbocycles. The highest BCUT2D eigenvalue weighted by molar-refractivity contribution is 5.97. The molecule has 2 nitrogen and oxygen atoms in total. The fraction of sp³-hybridized carbons (Fsp3) is 0.450. The van der Waals surface area contributed by atoms with E-state index in [4.69, 9.17) is 4.74 Å². The van der Waals surface area contributed by atoms with Gasteiger partial charge in [-0.25, -0.2) is 0 Å². The molecule has 0 fully saturated rings. The fourth-order valence-corrected chi connectivity index (χ4v) is 3.46. The molecule has 0 saturated heterocycles. The van der Waals surface area contributed by atoms with E-state index in [1.54, 1.807) is 7.11 Å². The van der Waals surface area contributed by atoms with Crippen molar-refractivity contribution in [2.75, 3.05) is 7.11 Å². The molecule has 0 aromatic heterocycles. The van der Waals surface area contributed by atoms with Gasteiger partial charge < -0.3 is 4.74 Å². The highest BCUT2D eigenvalue weighted by Gasteiger charge is 2.36. The van der Waals surface area contributed by atoms with Crippen LogP contribution in [0.5, 0.6) is 5.75 Å². The summed E-state index contributed by atoms with van der Waals surface area (Å²) >= 11 is 0. The van der Waals surface area contributed by atoms with E-state index in [-0.39, 0.29) is 11.2 Å². The maximum absolute atomic E-state index is 12.0. The van der Waals surface area contributed by atoms with Crippen molar-refractivity contribution in [3.8, 4) is 5.75 Å². The summed E-state index contributed by atoms with van der Waals surface area (Å²) in [6.07, 6.45) is 3.25. The lowest BCUT2D eigenvalue weighted by Gasteiger charge is -2.36. The monoisotopic (exact) mass is 298 g/mol. The maximum atomic E-state index is 12.0. The first-order valence-electron chi connectivity index (χ1n) is 7.90. The van der Waals surface area contributed by atoms with Crippen molar-refractivity contribution in [3.63, 3.8) is 0 Å². The summed E-state index contributed by atoms with van der Waals surface area (Å²) in [7, 11) is 1.72. The Labute approximate surface area is 133 Å². The van der Waals surface area contributed by atoms with Gasteiger partial charge in [0.25, 0.3) is 0 Å². The van der Waals surface area contributed by atoms with Gasteiger partial charge in [-0.1, -0.05) is 45.6 Å². The average molecular weight is 298 g/mol. The lowest BCUT2D eigenvalue weighted by Crippen LogP contribution is -2.31. The van der Waals surface area contributed by atoms with Crippen molar-refractivity contribution in [2.45, 2.75) is 51.9 Å². The zero-order valence-electron chi connectivity index (χ0n) is 14.3. The predicted octanol–water partition coefficient (Wildman–Crippen LogP) is 4.94. The number of allylic oxidation sites excluding steroid dienone is 3. The van der Waals surface area contributed by atoms with Crippen LogP contribution in [0.15, 0.2) is 42.0 Å². The molecule has 0 spiro atoms. The fourth-order valence-electron chi connectivity index (χ4n) is 3.46. The maximum Gasteiger partial charge on any atom is 0.158 e. The van der Waals surface area contributed by atoms with Crippen LogP contribution < -0.4 is 4.74 Å². The van der Waals surface area contributed by atoms with E-state index < -0.39 is 0 Å². The number of benzene rings is 1. The molecule has 0 bridgehead atoms. The second kappa shape index (κ2) is 6.12. The Hall–Kier alpha value is -1.83. The Morgan fingerprint density at radius 1 is 1.36 bits per heavy atom. The van der Waals surface area contributed by atoms with E-state index >= 15 is 0 Å². The van der Waals surface area contributed by atoms with Crippen molar-refractivity contribution < 1.29 is 9.53 Å². The first kappa shape index (κ1) is 16.5. The van der Waals surface area contributed by atoms with Gasteiger partial charge in [0.05, 0.1) is 7.11 Å². The summed E-state index contributed by atoms with van der Waals surface area (Å²) in [5.41, 5.74) is 4.11. The number of rotatable bonds is 4. The molecule has 0 amide bonds. The van der Waals surface area contributed by atoms with Gasteiger partial charge >= 0.3 is 0 Å². The van der Waals surface area contributed by atoms with Crippen LogP contribution in [0.2, 0.25) is 0 Å². The van der Waals surface area contributed by atoms with Crippen LogP contribution in [0.25, 0.3) is 0 Å².